The van der Waals surface area contributed by atoms with Crippen molar-refractivity contribution in [3.8, 4) is 0 Å². The molecule has 1 fully saturated rings. The molecule has 0 bridgehead atoms. The molecule has 0 saturated heterocycles. The third kappa shape index (κ3) is 1.65. The Morgan fingerprint density at radius 3 is 2.15 bits per heavy atom. The lowest BCUT2D eigenvalue weighted by molar-refractivity contribution is -0.144. The quantitative estimate of drug-likeness (QED) is 0.560. The van der Waals surface area contributed by atoms with Crippen LogP contribution < -0.4 is 5.73 Å². The molecule has 1 rings (SSSR count). The van der Waals surface area contributed by atoms with Gasteiger partial charge in [0.2, 0.25) is 0 Å². The first-order valence-electron chi connectivity index (χ1n) is 4.12. The van der Waals surface area contributed by atoms with Gasteiger partial charge in [0.25, 0.3) is 0 Å². The second kappa shape index (κ2) is 2.99. The maximum absolute atomic E-state index is 10.7. The highest BCUT2D eigenvalue weighted by Gasteiger charge is 2.48. The van der Waals surface area contributed by atoms with Crippen LogP contribution in [0.4, 0.5) is 0 Å². The third-order valence-corrected chi connectivity index (χ3v) is 2.70. The number of rotatable bonds is 2. The van der Waals surface area contributed by atoms with E-state index in [-0.39, 0.29) is 18.8 Å². The monoisotopic (exact) mass is 187 g/mol. The molecule has 1 aliphatic rings. The number of hydrogen-bond acceptors (Lipinski definition) is 3. The third-order valence-electron chi connectivity index (χ3n) is 2.70. The predicted molar refractivity (Wildman–Crippen MR) is 44.1 cm³/mol. The fourth-order valence-electron chi connectivity index (χ4n) is 1.90. The van der Waals surface area contributed by atoms with Crippen LogP contribution in [0, 0.1) is 11.8 Å². The molecule has 5 heteroatoms. The molecule has 5 nitrogen and oxygen atoms in total. The van der Waals surface area contributed by atoms with E-state index in [9.17, 15) is 9.59 Å². The Labute approximate surface area is 75.5 Å². The summed E-state index contributed by atoms with van der Waals surface area (Å²) in [5.74, 6) is -2.86. The summed E-state index contributed by atoms with van der Waals surface area (Å²) in [6, 6.07) is 0. The highest BCUT2D eigenvalue weighted by atomic mass is 16.4. The van der Waals surface area contributed by atoms with Crippen molar-refractivity contribution in [2.75, 3.05) is 0 Å². The van der Waals surface area contributed by atoms with Crippen molar-refractivity contribution in [1.29, 1.82) is 0 Å². The molecular weight excluding hydrogens is 174 g/mol. The molecule has 1 aliphatic carbocycles. The summed E-state index contributed by atoms with van der Waals surface area (Å²) in [5, 5.41) is 17.5. The molecular formula is C8H13NO4. The van der Waals surface area contributed by atoms with Gasteiger partial charge in [0.05, 0.1) is 5.92 Å². The highest BCUT2D eigenvalue weighted by Crippen LogP contribution is 2.37. The Hall–Kier alpha value is -1.10. The van der Waals surface area contributed by atoms with Crippen molar-refractivity contribution in [3.05, 3.63) is 0 Å². The minimum absolute atomic E-state index is 0.0266. The maximum atomic E-state index is 10.7. The first-order valence-corrected chi connectivity index (χ1v) is 4.12. The minimum atomic E-state index is -1.34. The van der Waals surface area contributed by atoms with Crippen molar-refractivity contribution >= 4 is 11.9 Å². The number of carboxylic acids is 2. The van der Waals surface area contributed by atoms with Gasteiger partial charge < -0.3 is 15.9 Å². The van der Waals surface area contributed by atoms with Gasteiger partial charge in [0.1, 0.15) is 5.54 Å². The van der Waals surface area contributed by atoms with E-state index in [1.165, 1.54) is 0 Å². The van der Waals surface area contributed by atoms with E-state index < -0.39 is 23.4 Å². The van der Waals surface area contributed by atoms with Crippen molar-refractivity contribution in [1.82, 2.24) is 0 Å². The summed E-state index contributed by atoms with van der Waals surface area (Å²) in [5.41, 5.74) is 4.21. The SMILES string of the molecule is C[C@H]1C[C@@](N)(C(=O)O)C[C@@H]1C(=O)O. The molecule has 0 aromatic rings. The zero-order valence-electron chi connectivity index (χ0n) is 7.36. The first-order chi connectivity index (χ1) is 5.87. The topological polar surface area (TPSA) is 101 Å². The fraction of sp³-hybridized carbons (Fsp3) is 0.750. The Bertz CT molecular complexity index is 253. The van der Waals surface area contributed by atoms with Crippen LogP contribution in [0.15, 0.2) is 0 Å². The van der Waals surface area contributed by atoms with E-state index in [1.807, 2.05) is 0 Å². The minimum Gasteiger partial charge on any atom is -0.481 e. The number of hydrogen-bond donors (Lipinski definition) is 3. The molecule has 0 aromatic heterocycles. The van der Waals surface area contributed by atoms with Gasteiger partial charge in [-0.05, 0) is 18.8 Å². The van der Waals surface area contributed by atoms with Crippen LogP contribution in [0.3, 0.4) is 0 Å². The molecule has 0 unspecified atom stereocenters. The molecule has 0 radical (unpaired) electrons. The Morgan fingerprint density at radius 2 is 1.92 bits per heavy atom. The van der Waals surface area contributed by atoms with Gasteiger partial charge in [-0.3, -0.25) is 9.59 Å². The number of carboxylic acid groups (broad SMARTS) is 2. The van der Waals surface area contributed by atoms with Gasteiger partial charge in [-0.2, -0.15) is 0 Å². The molecule has 1 saturated carbocycles. The molecule has 0 aromatic carbocycles. The average Bonchev–Trinajstić information content (AvgIpc) is 2.28. The fourth-order valence-corrected chi connectivity index (χ4v) is 1.90. The van der Waals surface area contributed by atoms with Crippen LogP contribution >= 0.6 is 0 Å². The van der Waals surface area contributed by atoms with Gasteiger partial charge in [0, 0.05) is 0 Å². The van der Waals surface area contributed by atoms with E-state index in [0.29, 0.717) is 0 Å². The zero-order chi connectivity index (χ0) is 10.2. The van der Waals surface area contributed by atoms with Crippen LogP contribution in [-0.2, 0) is 9.59 Å². The van der Waals surface area contributed by atoms with Crippen LogP contribution in [0.1, 0.15) is 19.8 Å². The van der Waals surface area contributed by atoms with E-state index >= 15 is 0 Å². The number of carbonyl (C=O) groups is 2. The Kier molecular flexibility index (Phi) is 2.30. The summed E-state index contributed by atoms with van der Waals surface area (Å²) in [7, 11) is 0. The molecule has 74 valence electrons. The molecule has 0 heterocycles. The van der Waals surface area contributed by atoms with Crippen LogP contribution in [-0.4, -0.2) is 27.7 Å². The average molecular weight is 187 g/mol. The molecule has 13 heavy (non-hydrogen) atoms. The van der Waals surface area contributed by atoms with E-state index in [0.717, 1.165) is 0 Å². The van der Waals surface area contributed by atoms with E-state index in [1.54, 1.807) is 6.92 Å². The van der Waals surface area contributed by atoms with Gasteiger partial charge in [-0.25, -0.2) is 0 Å². The lowest BCUT2D eigenvalue weighted by Crippen LogP contribution is -2.45. The number of nitrogens with two attached hydrogens (primary N) is 1. The van der Waals surface area contributed by atoms with Crippen molar-refractivity contribution < 1.29 is 19.8 Å². The highest BCUT2D eigenvalue weighted by molar-refractivity contribution is 5.81. The first kappa shape index (κ1) is 9.98. The molecule has 4 N–H and O–H groups in total. The zero-order valence-corrected chi connectivity index (χ0v) is 7.36. The van der Waals surface area contributed by atoms with Gasteiger partial charge >= 0.3 is 11.9 Å². The second-order valence-electron chi connectivity index (χ2n) is 3.79. The van der Waals surface area contributed by atoms with Crippen LogP contribution in [0.25, 0.3) is 0 Å². The summed E-state index contributed by atoms with van der Waals surface area (Å²) < 4.78 is 0. The van der Waals surface area contributed by atoms with Gasteiger partial charge in [-0.15, -0.1) is 0 Å². The second-order valence-corrected chi connectivity index (χ2v) is 3.79. The van der Waals surface area contributed by atoms with Crippen molar-refractivity contribution in [3.63, 3.8) is 0 Å². The van der Waals surface area contributed by atoms with E-state index in [4.69, 9.17) is 15.9 Å². The van der Waals surface area contributed by atoms with Crippen molar-refractivity contribution in [2.24, 2.45) is 17.6 Å². The maximum Gasteiger partial charge on any atom is 0.323 e. The van der Waals surface area contributed by atoms with Crippen molar-refractivity contribution in [2.45, 2.75) is 25.3 Å². The molecule has 0 spiro atoms. The van der Waals surface area contributed by atoms with Gasteiger partial charge in [-0.1, -0.05) is 6.92 Å². The normalized spacial score (nSPS) is 38.9. The molecule has 3 atom stereocenters. The van der Waals surface area contributed by atoms with Crippen LogP contribution in [0.2, 0.25) is 0 Å². The van der Waals surface area contributed by atoms with Crippen LogP contribution in [0.5, 0.6) is 0 Å². The van der Waals surface area contributed by atoms with E-state index in [2.05, 4.69) is 0 Å². The Balaban J connectivity index is 2.80. The smallest absolute Gasteiger partial charge is 0.323 e. The summed E-state index contributed by atoms with van der Waals surface area (Å²) in [6.07, 6.45) is 0.262. The summed E-state index contributed by atoms with van der Waals surface area (Å²) in [4.78, 5) is 21.4. The Morgan fingerprint density at radius 1 is 1.38 bits per heavy atom. The standard InChI is InChI=1S/C8H13NO4/c1-4-2-8(9,7(12)13)3-5(4)6(10)11/h4-5H,2-3,9H2,1H3,(H,10,11)(H,12,13)/t4-,5-,8-/m0/s1. The summed E-state index contributed by atoms with van der Waals surface area (Å²) in [6.45, 7) is 1.72. The largest absolute Gasteiger partial charge is 0.481 e. The number of aliphatic carboxylic acids is 2. The lowest BCUT2D eigenvalue weighted by Gasteiger charge is -2.16. The lowest BCUT2D eigenvalue weighted by atomic mass is 9.98. The molecule has 0 amide bonds. The summed E-state index contributed by atoms with van der Waals surface area (Å²) >= 11 is 0. The molecule has 0 aliphatic heterocycles. The van der Waals surface area contributed by atoms with Gasteiger partial charge in [0.15, 0.2) is 0 Å². The predicted octanol–water partition coefficient (Wildman–Crippen LogP) is -0.101.